The molecule has 0 saturated heterocycles. The Bertz CT molecular complexity index is 647. The second-order valence-corrected chi connectivity index (χ2v) is 4.56. The fourth-order valence-electron chi connectivity index (χ4n) is 1.44. The molecule has 0 heterocycles. The molecule has 0 radical (unpaired) electrons. The first-order chi connectivity index (χ1) is 8.97. The van der Waals surface area contributed by atoms with Crippen molar-refractivity contribution >= 4 is 34.8 Å². The topological polar surface area (TPSA) is 49.3 Å². The molecule has 1 amide bonds. The average Bonchev–Trinajstić information content (AvgIpc) is 2.37. The van der Waals surface area contributed by atoms with Crippen molar-refractivity contribution in [2.75, 3.05) is 5.32 Å². The number of rotatable bonds is 2. The Morgan fingerprint density at radius 2 is 1.84 bits per heavy atom. The van der Waals surface area contributed by atoms with Crippen LogP contribution in [-0.2, 0) is 0 Å². The van der Waals surface area contributed by atoms with Gasteiger partial charge in [0, 0.05) is 5.56 Å². The zero-order chi connectivity index (χ0) is 14.0. The molecule has 2 N–H and O–H groups in total. The zero-order valence-corrected chi connectivity index (χ0v) is 11.0. The second-order valence-electron chi connectivity index (χ2n) is 3.74. The van der Waals surface area contributed by atoms with Crippen LogP contribution in [0.5, 0.6) is 5.75 Å². The molecule has 0 aliphatic heterocycles. The molecule has 0 aromatic heterocycles. The summed E-state index contributed by atoms with van der Waals surface area (Å²) in [6, 6.07) is 7.64. The molecule has 19 heavy (non-hydrogen) atoms. The summed E-state index contributed by atoms with van der Waals surface area (Å²) in [7, 11) is 0. The van der Waals surface area contributed by atoms with Crippen molar-refractivity contribution in [3.05, 3.63) is 57.8 Å². The molecule has 0 aliphatic rings. The number of hydrogen-bond acceptors (Lipinski definition) is 2. The number of aromatic hydroxyl groups is 1. The van der Waals surface area contributed by atoms with E-state index >= 15 is 0 Å². The Morgan fingerprint density at radius 3 is 2.53 bits per heavy atom. The summed E-state index contributed by atoms with van der Waals surface area (Å²) in [5.74, 6) is -1.14. The molecule has 2 aromatic carbocycles. The van der Waals surface area contributed by atoms with Gasteiger partial charge in [0.1, 0.15) is 11.6 Å². The van der Waals surface area contributed by atoms with Gasteiger partial charge in [0.2, 0.25) is 0 Å². The number of carbonyl (C=O) groups excluding carboxylic acids is 1. The fourth-order valence-corrected chi connectivity index (χ4v) is 1.78. The summed E-state index contributed by atoms with van der Waals surface area (Å²) >= 11 is 11.5. The van der Waals surface area contributed by atoms with E-state index in [2.05, 4.69) is 5.32 Å². The maximum atomic E-state index is 13.1. The van der Waals surface area contributed by atoms with Crippen molar-refractivity contribution in [2.45, 2.75) is 0 Å². The lowest BCUT2D eigenvalue weighted by Crippen LogP contribution is -2.12. The molecule has 0 atom stereocenters. The van der Waals surface area contributed by atoms with Gasteiger partial charge in [0.25, 0.3) is 5.91 Å². The second kappa shape index (κ2) is 5.47. The van der Waals surface area contributed by atoms with Crippen LogP contribution < -0.4 is 5.32 Å². The summed E-state index contributed by atoms with van der Waals surface area (Å²) in [6.45, 7) is 0. The van der Waals surface area contributed by atoms with E-state index in [-0.39, 0.29) is 27.0 Å². The number of benzene rings is 2. The highest BCUT2D eigenvalue weighted by Gasteiger charge is 2.11. The Morgan fingerprint density at radius 1 is 1.11 bits per heavy atom. The summed E-state index contributed by atoms with van der Waals surface area (Å²) in [4.78, 5) is 11.9. The van der Waals surface area contributed by atoms with E-state index in [1.165, 1.54) is 30.3 Å². The van der Waals surface area contributed by atoms with Gasteiger partial charge in [-0.2, -0.15) is 0 Å². The minimum Gasteiger partial charge on any atom is -0.506 e. The van der Waals surface area contributed by atoms with E-state index in [1.54, 1.807) is 0 Å². The van der Waals surface area contributed by atoms with Crippen molar-refractivity contribution in [3.63, 3.8) is 0 Å². The molecule has 0 bridgehead atoms. The Labute approximate surface area is 118 Å². The molecule has 2 aromatic rings. The first-order valence-corrected chi connectivity index (χ1v) is 5.98. The van der Waals surface area contributed by atoms with Gasteiger partial charge in [0.15, 0.2) is 0 Å². The van der Waals surface area contributed by atoms with Crippen LogP contribution in [0.4, 0.5) is 10.1 Å². The normalized spacial score (nSPS) is 10.3. The predicted octanol–water partition coefficient (Wildman–Crippen LogP) is 4.09. The number of nitrogens with one attached hydrogen (secondary N) is 1. The van der Waals surface area contributed by atoms with Crippen molar-refractivity contribution in [1.82, 2.24) is 0 Å². The van der Waals surface area contributed by atoms with Gasteiger partial charge in [-0.3, -0.25) is 4.79 Å². The largest absolute Gasteiger partial charge is 0.506 e. The molecule has 98 valence electrons. The number of phenolic OH excluding ortho intramolecular Hbond substituents is 1. The monoisotopic (exact) mass is 299 g/mol. The third-order valence-electron chi connectivity index (χ3n) is 2.39. The molecule has 0 fully saturated rings. The number of carbonyl (C=O) groups is 1. The highest BCUT2D eigenvalue weighted by Crippen LogP contribution is 2.26. The maximum absolute atomic E-state index is 13.1. The lowest BCUT2D eigenvalue weighted by atomic mass is 10.2. The number of anilines is 1. The molecule has 0 unspecified atom stereocenters. The quantitative estimate of drug-likeness (QED) is 0.877. The molecular formula is C13H8Cl2FNO2. The molecule has 6 heteroatoms. The van der Waals surface area contributed by atoms with Crippen molar-refractivity contribution in [2.24, 2.45) is 0 Å². The number of amides is 1. The van der Waals surface area contributed by atoms with Gasteiger partial charge in [-0.25, -0.2) is 4.39 Å². The van der Waals surface area contributed by atoms with Crippen molar-refractivity contribution in [3.8, 4) is 5.75 Å². The van der Waals surface area contributed by atoms with E-state index in [9.17, 15) is 14.3 Å². The lowest BCUT2D eigenvalue weighted by Gasteiger charge is -2.08. The molecule has 3 nitrogen and oxygen atoms in total. The smallest absolute Gasteiger partial charge is 0.255 e. The zero-order valence-electron chi connectivity index (χ0n) is 9.45. The summed E-state index contributed by atoms with van der Waals surface area (Å²) < 4.78 is 13.1. The van der Waals surface area contributed by atoms with E-state index in [0.717, 1.165) is 6.07 Å². The Balaban J connectivity index is 2.25. The SMILES string of the molecule is O=C(Nc1cc(F)ccc1Cl)c1ccc(O)c(Cl)c1. The number of halogens is 3. The van der Waals surface area contributed by atoms with Crippen molar-refractivity contribution in [1.29, 1.82) is 0 Å². The predicted molar refractivity (Wildman–Crippen MR) is 72.5 cm³/mol. The van der Waals surface area contributed by atoms with Gasteiger partial charge in [0.05, 0.1) is 15.7 Å². The van der Waals surface area contributed by atoms with Crippen molar-refractivity contribution < 1.29 is 14.3 Å². The standard InChI is InChI=1S/C13H8Cl2FNO2/c14-9-3-2-8(16)6-11(9)17-13(19)7-1-4-12(18)10(15)5-7/h1-6,18H,(H,17,19). The van der Waals surface area contributed by atoms with Gasteiger partial charge in [-0.15, -0.1) is 0 Å². The van der Waals surface area contributed by atoms with E-state index in [4.69, 9.17) is 23.2 Å². The Hall–Kier alpha value is -1.78. The van der Waals surface area contributed by atoms with E-state index < -0.39 is 11.7 Å². The van der Waals surface area contributed by atoms with Crippen LogP contribution in [0.15, 0.2) is 36.4 Å². The molecular weight excluding hydrogens is 292 g/mol. The van der Waals surface area contributed by atoms with Gasteiger partial charge >= 0.3 is 0 Å². The number of hydrogen-bond donors (Lipinski definition) is 2. The van der Waals surface area contributed by atoms with Gasteiger partial charge in [-0.05, 0) is 36.4 Å². The third kappa shape index (κ3) is 3.16. The first kappa shape index (κ1) is 13.6. The van der Waals surface area contributed by atoms with Crippen LogP contribution >= 0.6 is 23.2 Å². The first-order valence-electron chi connectivity index (χ1n) is 5.22. The average molecular weight is 300 g/mol. The third-order valence-corrected chi connectivity index (χ3v) is 3.02. The minimum absolute atomic E-state index is 0.0537. The maximum Gasteiger partial charge on any atom is 0.255 e. The summed E-state index contributed by atoms with van der Waals surface area (Å²) in [6.07, 6.45) is 0. The van der Waals surface area contributed by atoms with Crippen LogP contribution in [0, 0.1) is 5.82 Å². The highest BCUT2D eigenvalue weighted by atomic mass is 35.5. The lowest BCUT2D eigenvalue weighted by molar-refractivity contribution is 0.102. The van der Waals surface area contributed by atoms with Crippen LogP contribution in [0.1, 0.15) is 10.4 Å². The van der Waals surface area contributed by atoms with Crippen LogP contribution in [-0.4, -0.2) is 11.0 Å². The van der Waals surface area contributed by atoms with E-state index in [1.807, 2.05) is 0 Å². The molecule has 0 spiro atoms. The molecule has 0 aliphatic carbocycles. The Kier molecular flexibility index (Phi) is 3.93. The van der Waals surface area contributed by atoms with Gasteiger partial charge < -0.3 is 10.4 Å². The number of phenols is 1. The van der Waals surface area contributed by atoms with Crippen LogP contribution in [0.2, 0.25) is 10.0 Å². The van der Waals surface area contributed by atoms with Crippen LogP contribution in [0.3, 0.4) is 0 Å². The molecule has 2 rings (SSSR count). The minimum atomic E-state index is -0.511. The summed E-state index contributed by atoms with van der Waals surface area (Å²) in [5.41, 5.74) is 0.388. The van der Waals surface area contributed by atoms with Gasteiger partial charge in [-0.1, -0.05) is 23.2 Å². The van der Waals surface area contributed by atoms with Crippen LogP contribution in [0.25, 0.3) is 0 Å². The summed E-state index contributed by atoms with van der Waals surface area (Å²) in [5, 5.41) is 12.0. The van der Waals surface area contributed by atoms with E-state index in [0.29, 0.717) is 0 Å². The molecule has 0 saturated carbocycles. The fraction of sp³-hybridized carbons (Fsp3) is 0. The highest BCUT2D eigenvalue weighted by molar-refractivity contribution is 6.34.